The smallest absolute Gasteiger partial charge is 0.339 e. The number of primary amides is 1. The molecule has 1 aromatic carbocycles. The lowest BCUT2D eigenvalue weighted by molar-refractivity contribution is -0.385. The van der Waals surface area contributed by atoms with Crippen LogP contribution < -0.4 is 10.5 Å². The maximum absolute atomic E-state index is 13.1. The number of nitro groups is 1. The molecule has 0 bridgehead atoms. The topological polar surface area (TPSA) is 113 Å². The first kappa shape index (κ1) is 15.4. The average molecular weight is 308 g/mol. The molecule has 1 heterocycles. The zero-order valence-electron chi connectivity index (χ0n) is 11.9. The highest BCUT2D eigenvalue weighted by Crippen LogP contribution is 2.33. The predicted octanol–water partition coefficient (Wildman–Crippen LogP) is 2.52. The monoisotopic (exact) mass is 308 g/mol. The van der Waals surface area contributed by atoms with Gasteiger partial charge in [0.2, 0.25) is 11.6 Å². The summed E-state index contributed by atoms with van der Waals surface area (Å²) in [5.74, 6) is -0.905. The van der Waals surface area contributed by atoms with E-state index in [-0.39, 0.29) is 11.6 Å². The summed E-state index contributed by atoms with van der Waals surface area (Å²) >= 11 is 0. The number of aromatic nitrogens is 2. The van der Waals surface area contributed by atoms with Crippen LogP contribution in [0.15, 0.2) is 18.2 Å². The van der Waals surface area contributed by atoms with Crippen molar-refractivity contribution in [2.24, 2.45) is 5.73 Å². The molecule has 1 aromatic heterocycles. The predicted molar refractivity (Wildman–Crippen MR) is 74.5 cm³/mol. The van der Waals surface area contributed by atoms with Crippen molar-refractivity contribution in [1.29, 1.82) is 0 Å². The van der Waals surface area contributed by atoms with Gasteiger partial charge in [0, 0.05) is 5.56 Å². The molecule has 0 aliphatic rings. The molecule has 0 radical (unpaired) electrons. The molecule has 0 fully saturated rings. The molecule has 8 nitrogen and oxygen atoms in total. The number of halogens is 1. The van der Waals surface area contributed by atoms with Crippen LogP contribution in [-0.4, -0.2) is 20.7 Å². The van der Waals surface area contributed by atoms with Gasteiger partial charge in [0.1, 0.15) is 5.82 Å². The van der Waals surface area contributed by atoms with Crippen molar-refractivity contribution in [1.82, 2.24) is 9.78 Å². The van der Waals surface area contributed by atoms with E-state index in [4.69, 9.17) is 10.5 Å². The van der Waals surface area contributed by atoms with E-state index in [2.05, 4.69) is 5.10 Å². The zero-order valence-corrected chi connectivity index (χ0v) is 11.9. The van der Waals surface area contributed by atoms with Crippen LogP contribution in [0.2, 0.25) is 0 Å². The van der Waals surface area contributed by atoms with E-state index in [9.17, 15) is 19.3 Å². The van der Waals surface area contributed by atoms with Crippen LogP contribution in [0, 0.1) is 22.9 Å². The van der Waals surface area contributed by atoms with Crippen LogP contribution >= 0.6 is 0 Å². The number of rotatable bonds is 4. The Balaban J connectivity index is 2.50. The van der Waals surface area contributed by atoms with E-state index < -0.39 is 22.5 Å². The number of nitrogens with zero attached hydrogens (tertiary/aromatic N) is 3. The first-order valence-corrected chi connectivity index (χ1v) is 6.35. The summed E-state index contributed by atoms with van der Waals surface area (Å²) in [5.41, 5.74) is 5.72. The number of ether oxygens (including phenoxy) is 1. The summed E-state index contributed by atoms with van der Waals surface area (Å²) < 4.78 is 19.5. The Morgan fingerprint density at radius 2 is 2.23 bits per heavy atom. The molecule has 0 aliphatic heterocycles. The fraction of sp³-hybridized carbons (Fsp3) is 0.231. The highest BCUT2D eigenvalue weighted by atomic mass is 19.1. The highest BCUT2D eigenvalue weighted by Gasteiger charge is 2.22. The highest BCUT2D eigenvalue weighted by molar-refractivity contribution is 5.75. The van der Waals surface area contributed by atoms with Crippen molar-refractivity contribution in [3.63, 3.8) is 0 Å². The molecule has 22 heavy (non-hydrogen) atoms. The number of carbonyl (C=O) groups excluding carboxylic acids is 1. The normalized spacial score (nSPS) is 10.5. The lowest BCUT2D eigenvalue weighted by Crippen LogP contribution is -2.22. The van der Waals surface area contributed by atoms with Gasteiger partial charge in [0.15, 0.2) is 0 Å². The van der Waals surface area contributed by atoms with Crippen molar-refractivity contribution in [3.8, 4) is 11.6 Å². The van der Waals surface area contributed by atoms with E-state index in [0.717, 1.165) is 22.9 Å². The van der Waals surface area contributed by atoms with Crippen molar-refractivity contribution < 1.29 is 18.8 Å². The summed E-state index contributed by atoms with van der Waals surface area (Å²) in [4.78, 5) is 21.5. The minimum Gasteiger partial charge on any atom is -0.430 e. The van der Waals surface area contributed by atoms with Gasteiger partial charge in [-0.1, -0.05) is 6.92 Å². The Labute approximate surface area is 124 Å². The van der Waals surface area contributed by atoms with E-state index in [0.29, 0.717) is 17.7 Å². The second kappa shape index (κ2) is 5.80. The largest absolute Gasteiger partial charge is 0.430 e. The van der Waals surface area contributed by atoms with E-state index in [1.807, 2.05) is 0 Å². The number of amides is 1. The molecule has 0 aliphatic carbocycles. The Kier molecular flexibility index (Phi) is 4.06. The first-order chi connectivity index (χ1) is 10.3. The second-order valence-electron chi connectivity index (χ2n) is 4.44. The van der Waals surface area contributed by atoms with Gasteiger partial charge in [0.25, 0.3) is 0 Å². The van der Waals surface area contributed by atoms with Gasteiger partial charge in [-0.25, -0.2) is 9.18 Å². The van der Waals surface area contributed by atoms with Gasteiger partial charge in [0.05, 0.1) is 16.7 Å². The molecule has 1 amide bonds. The van der Waals surface area contributed by atoms with Crippen molar-refractivity contribution in [2.45, 2.75) is 20.3 Å². The number of hydrogen-bond donors (Lipinski definition) is 1. The molecule has 2 aromatic rings. The number of carbonyl (C=O) groups is 1. The summed E-state index contributed by atoms with van der Waals surface area (Å²) in [6.07, 6.45) is 0.476. The summed E-state index contributed by atoms with van der Waals surface area (Å²) in [6, 6.07) is 2.12. The van der Waals surface area contributed by atoms with Crippen molar-refractivity contribution in [2.75, 3.05) is 0 Å². The SMILES string of the molecule is CCc1c(Oc2ccc(F)cc2[N+](=O)[O-])nn(C(N)=O)c1C. The molecular weight excluding hydrogens is 295 g/mol. The summed E-state index contributed by atoms with van der Waals surface area (Å²) in [7, 11) is 0. The first-order valence-electron chi connectivity index (χ1n) is 6.35. The maximum atomic E-state index is 13.1. The number of benzene rings is 1. The van der Waals surface area contributed by atoms with Crippen LogP contribution in [0.5, 0.6) is 11.6 Å². The molecule has 0 spiro atoms. The molecule has 9 heteroatoms. The second-order valence-corrected chi connectivity index (χ2v) is 4.44. The standard InChI is InChI=1S/C13H13FN4O4/c1-3-9-7(2)17(13(15)19)16-12(9)22-11-5-4-8(14)6-10(11)18(20)21/h4-6H,3H2,1-2H3,(H2,15,19). The molecule has 0 atom stereocenters. The van der Waals surface area contributed by atoms with Crippen molar-refractivity contribution >= 4 is 11.7 Å². The fourth-order valence-corrected chi connectivity index (χ4v) is 2.04. The fourth-order valence-electron chi connectivity index (χ4n) is 2.04. The van der Waals surface area contributed by atoms with Crippen LogP contribution in [-0.2, 0) is 6.42 Å². The van der Waals surface area contributed by atoms with Gasteiger partial charge >= 0.3 is 11.7 Å². The van der Waals surface area contributed by atoms with Gasteiger partial charge < -0.3 is 10.5 Å². The Hall–Kier alpha value is -2.97. The quantitative estimate of drug-likeness (QED) is 0.688. The maximum Gasteiger partial charge on any atom is 0.339 e. The van der Waals surface area contributed by atoms with Gasteiger partial charge in [-0.2, -0.15) is 4.68 Å². The Morgan fingerprint density at radius 3 is 2.77 bits per heavy atom. The molecule has 116 valence electrons. The number of nitrogens with two attached hydrogens (primary N) is 1. The number of hydrogen-bond acceptors (Lipinski definition) is 5. The molecule has 2 N–H and O–H groups in total. The van der Waals surface area contributed by atoms with E-state index in [1.54, 1.807) is 13.8 Å². The molecule has 0 saturated carbocycles. The van der Waals surface area contributed by atoms with Crippen molar-refractivity contribution in [3.05, 3.63) is 45.4 Å². The molecular formula is C13H13FN4O4. The lowest BCUT2D eigenvalue weighted by atomic mass is 10.2. The van der Waals surface area contributed by atoms with Gasteiger partial charge in [-0.05, 0) is 25.5 Å². The summed E-state index contributed by atoms with van der Waals surface area (Å²) in [6.45, 7) is 3.43. The van der Waals surface area contributed by atoms with Crippen LogP contribution in [0.25, 0.3) is 0 Å². The summed E-state index contributed by atoms with van der Waals surface area (Å²) in [5, 5.41) is 14.9. The lowest BCUT2D eigenvalue weighted by Gasteiger charge is -2.05. The van der Waals surface area contributed by atoms with E-state index >= 15 is 0 Å². The van der Waals surface area contributed by atoms with Crippen LogP contribution in [0.3, 0.4) is 0 Å². The van der Waals surface area contributed by atoms with Gasteiger partial charge in [-0.3, -0.25) is 10.1 Å². The number of nitro benzene ring substituents is 1. The Morgan fingerprint density at radius 1 is 1.55 bits per heavy atom. The zero-order chi connectivity index (χ0) is 16.4. The third-order valence-corrected chi connectivity index (χ3v) is 3.09. The third kappa shape index (κ3) is 2.73. The van der Waals surface area contributed by atoms with Crippen LogP contribution in [0.4, 0.5) is 14.9 Å². The molecule has 0 saturated heterocycles. The van der Waals surface area contributed by atoms with E-state index in [1.165, 1.54) is 0 Å². The van der Waals surface area contributed by atoms with Gasteiger partial charge in [-0.15, -0.1) is 5.10 Å². The molecule has 2 rings (SSSR count). The van der Waals surface area contributed by atoms with Crippen LogP contribution in [0.1, 0.15) is 18.2 Å². The Bertz CT molecular complexity index is 757. The minimum atomic E-state index is -0.796. The average Bonchev–Trinajstić information content (AvgIpc) is 2.76. The molecule has 0 unspecified atom stereocenters. The minimum absolute atomic E-state index is 0.0218. The third-order valence-electron chi connectivity index (χ3n) is 3.09.